The van der Waals surface area contributed by atoms with Crippen molar-refractivity contribution in [3.63, 3.8) is 0 Å². The highest BCUT2D eigenvalue weighted by molar-refractivity contribution is 6.09. The summed E-state index contributed by atoms with van der Waals surface area (Å²) in [6.07, 6.45) is 2.77. The summed E-state index contributed by atoms with van der Waals surface area (Å²) in [5.41, 5.74) is -0.281. The standard InChI is InChI=1S/C15H19NO4/c1-5-15-10(17)6-8(2)11(13(18)16-15)12(15)9-7-19-14(3,4)20-9/h5-6,9,11-12H,1,7H2,2-4H3,(H,16,18)/t9-,11-,12-,15+/m1/s1. The molecule has 0 saturated carbocycles. The quantitative estimate of drug-likeness (QED) is 0.763. The Morgan fingerprint density at radius 1 is 1.45 bits per heavy atom. The number of hydrogen-bond donors (Lipinski definition) is 1. The molecule has 0 aromatic heterocycles. The van der Waals surface area contributed by atoms with Crippen molar-refractivity contribution in [3.8, 4) is 0 Å². The SMILES string of the molecule is C=C[C@]12NC(=O)[C@H](C(C)=CC1=O)[C@H]2[C@H]1COC(C)(C)O1. The van der Waals surface area contributed by atoms with E-state index in [9.17, 15) is 9.59 Å². The molecule has 1 N–H and O–H groups in total. The number of ether oxygens (including phenoxy) is 2. The highest BCUT2D eigenvalue weighted by Gasteiger charge is 2.62. The Morgan fingerprint density at radius 3 is 2.70 bits per heavy atom. The van der Waals surface area contributed by atoms with Crippen LogP contribution in [0.3, 0.4) is 0 Å². The van der Waals surface area contributed by atoms with Crippen LogP contribution in [0.4, 0.5) is 0 Å². The zero-order chi connectivity index (χ0) is 14.7. The summed E-state index contributed by atoms with van der Waals surface area (Å²) in [6, 6.07) is 0. The van der Waals surface area contributed by atoms with Crippen LogP contribution in [-0.2, 0) is 19.1 Å². The van der Waals surface area contributed by atoms with Crippen LogP contribution in [0.1, 0.15) is 20.8 Å². The maximum atomic E-state index is 12.4. The van der Waals surface area contributed by atoms with Crippen molar-refractivity contribution < 1.29 is 19.1 Å². The molecule has 0 spiro atoms. The second kappa shape index (κ2) is 4.02. The van der Waals surface area contributed by atoms with Crippen molar-refractivity contribution in [1.29, 1.82) is 0 Å². The normalized spacial score (nSPS) is 42.4. The lowest BCUT2D eigenvalue weighted by atomic mass is 9.68. The predicted octanol–water partition coefficient (Wildman–Crippen LogP) is 0.954. The smallest absolute Gasteiger partial charge is 0.228 e. The number of carbonyl (C=O) groups excluding carboxylic acids is 2. The van der Waals surface area contributed by atoms with Crippen molar-refractivity contribution >= 4 is 11.7 Å². The first-order valence-electron chi connectivity index (χ1n) is 6.81. The Kier molecular flexibility index (Phi) is 2.72. The zero-order valence-corrected chi connectivity index (χ0v) is 11.9. The van der Waals surface area contributed by atoms with Gasteiger partial charge in [-0.2, -0.15) is 0 Å². The topological polar surface area (TPSA) is 64.6 Å². The molecule has 0 aromatic carbocycles. The van der Waals surface area contributed by atoms with Gasteiger partial charge in [-0.1, -0.05) is 11.6 Å². The lowest BCUT2D eigenvalue weighted by Crippen LogP contribution is -2.56. The number of nitrogens with one attached hydrogen (secondary N) is 1. The van der Waals surface area contributed by atoms with Gasteiger partial charge in [0.05, 0.1) is 18.6 Å². The fourth-order valence-corrected chi connectivity index (χ4v) is 3.61. The predicted molar refractivity (Wildman–Crippen MR) is 71.7 cm³/mol. The van der Waals surface area contributed by atoms with Crippen LogP contribution in [-0.4, -0.2) is 35.7 Å². The Morgan fingerprint density at radius 2 is 2.15 bits per heavy atom. The van der Waals surface area contributed by atoms with Crippen LogP contribution in [0.15, 0.2) is 24.3 Å². The second-order valence-corrected chi connectivity index (χ2v) is 6.19. The zero-order valence-electron chi connectivity index (χ0n) is 11.9. The lowest BCUT2D eigenvalue weighted by molar-refractivity contribution is -0.150. The van der Waals surface area contributed by atoms with E-state index >= 15 is 0 Å². The minimum absolute atomic E-state index is 0.134. The lowest BCUT2D eigenvalue weighted by Gasteiger charge is -2.37. The van der Waals surface area contributed by atoms with E-state index in [1.807, 2.05) is 20.8 Å². The van der Waals surface area contributed by atoms with E-state index in [1.165, 1.54) is 6.08 Å². The monoisotopic (exact) mass is 277 g/mol. The maximum Gasteiger partial charge on any atom is 0.228 e. The highest BCUT2D eigenvalue weighted by atomic mass is 16.7. The van der Waals surface area contributed by atoms with Gasteiger partial charge in [0, 0.05) is 5.92 Å². The fraction of sp³-hybridized carbons (Fsp3) is 0.600. The van der Waals surface area contributed by atoms with Crippen molar-refractivity contribution in [1.82, 2.24) is 5.32 Å². The number of amides is 1. The van der Waals surface area contributed by atoms with Gasteiger partial charge in [-0.3, -0.25) is 9.59 Å². The van der Waals surface area contributed by atoms with Gasteiger partial charge in [-0.15, -0.1) is 6.58 Å². The molecular formula is C15H19NO4. The maximum absolute atomic E-state index is 12.4. The molecule has 2 fully saturated rings. The van der Waals surface area contributed by atoms with Crippen molar-refractivity contribution in [2.24, 2.45) is 11.8 Å². The first-order valence-corrected chi connectivity index (χ1v) is 6.81. The molecule has 2 bridgehead atoms. The van der Waals surface area contributed by atoms with Gasteiger partial charge < -0.3 is 14.8 Å². The van der Waals surface area contributed by atoms with Crippen LogP contribution in [0.25, 0.3) is 0 Å². The third kappa shape index (κ3) is 1.63. The van der Waals surface area contributed by atoms with Crippen LogP contribution in [0, 0.1) is 11.8 Å². The molecule has 0 aromatic rings. The molecular weight excluding hydrogens is 258 g/mol. The highest BCUT2D eigenvalue weighted by Crippen LogP contribution is 2.47. The summed E-state index contributed by atoms with van der Waals surface area (Å²) in [7, 11) is 0. The Labute approximate surface area is 118 Å². The average Bonchev–Trinajstić information content (AvgIpc) is 2.83. The number of rotatable bonds is 2. The van der Waals surface area contributed by atoms with Gasteiger partial charge in [-0.25, -0.2) is 0 Å². The first kappa shape index (κ1) is 13.5. The van der Waals surface area contributed by atoms with E-state index in [0.717, 1.165) is 5.57 Å². The Balaban J connectivity index is 2.05. The molecule has 5 heteroatoms. The molecule has 0 unspecified atom stereocenters. The van der Waals surface area contributed by atoms with E-state index in [0.29, 0.717) is 6.61 Å². The Hall–Kier alpha value is -1.46. The summed E-state index contributed by atoms with van der Waals surface area (Å²) in [5, 5.41) is 2.82. The van der Waals surface area contributed by atoms with Gasteiger partial charge in [0.25, 0.3) is 0 Å². The van der Waals surface area contributed by atoms with Crippen molar-refractivity contribution in [2.75, 3.05) is 6.61 Å². The van der Waals surface area contributed by atoms with E-state index in [4.69, 9.17) is 9.47 Å². The van der Waals surface area contributed by atoms with E-state index < -0.39 is 11.3 Å². The van der Waals surface area contributed by atoms with E-state index in [2.05, 4.69) is 11.9 Å². The molecule has 5 nitrogen and oxygen atoms in total. The molecule has 2 saturated heterocycles. The number of hydrogen-bond acceptors (Lipinski definition) is 4. The molecule has 3 rings (SSSR count). The van der Waals surface area contributed by atoms with Gasteiger partial charge in [0.2, 0.25) is 5.91 Å². The molecule has 1 aliphatic carbocycles. The summed E-state index contributed by atoms with van der Waals surface area (Å²) in [4.78, 5) is 24.7. The van der Waals surface area contributed by atoms with Crippen LogP contribution < -0.4 is 5.32 Å². The van der Waals surface area contributed by atoms with Gasteiger partial charge >= 0.3 is 0 Å². The first-order chi connectivity index (χ1) is 9.31. The Bertz CT molecular complexity index is 536. The van der Waals surface area contributed by atoms with Gasteiger partial charge in [0.1, 0.15) is 5.54 Å². The van der Waals surface area contributed by atoms with Crippen LogP contribution >= 0.6 is 0 Å². The minimum Gasteiger partial charge on any atom is -0.348 e. The molecule has 20 heavy (non-hydrogen) atoms. The molecule has 3 aliphatic rings. The van der Waals surface area contributed by atoms with Crippen molar-refractivity contribution in [3.05, 3.63) is 24.3 Å². The van der Waals surface area contributed by atoms with Crippen molar-refractivity contribution in [2.45, 2.75) is 38.2 Å². The van der Waals surface area contributed by atoms with Crippen LogP contribution in [0.2, 0.25) is 0 Å². The molecule has 2 aliphatic heterocycles. The second-order valence-electron chi connectivity index (χ2n) is 6.19. The average molecular weight is 277 g/mol. The molecule has 0 radical (unpaired) electrons. The minimum atomic E-state index is -1.06. The third-order valence-electron chi connectivity index (χ3n) is 4.51. The summed E-state index contributed by atoms with van der Waals surface area (Å²) >= 11 is 0. The summed E-state index contributed by atoms with van der Waals surface area (Å²) < 4.78 is 11.5. The third-order valence-corrected chi connectivity index (χ3v) is 4.51. The fourth-order valence-electron chi connectivity index (χ4n) is 3.61. The molecule has 108 valence electrons. The number of carbonyl (C=O) groups is 2. The van der Waals surface area contributed by atoms with E-state index in [1.54, 1.807) is 6.08 Å². The van der Waals surface area contributed by atoms with Crippen LogP contribution in [0.5, 0.6) is 0 Å². The van der Waals surface area contributed by atoms with Gasteiger partial charge in [0.15, 0.2) is 11.6 Å². The molecule has 2 heterocycles. The molecule has 1 amide bonds. The van der Waals surface area contributed by atoms with Gasteiger partial charge in [-0.05, 0) is 26.8 Å². The number of fused-ring (bicyclic) bond motifs is 2. The molecule has 4 atom stereocenters. The largest absolute Gasteiger partial charge is 0.348 e. The number of ketones is 1. The van der Waals surface area contributed by atoms with E-state index in [-0.39, 0.29) is 29.6 Å². The summed E-state index contributed by atoms with van der Waals surface area (Å²) in [5.74, 6) is -1.61. The summed E-state index contributed by atoms with van der Waals surface area (Å²) in [6.45, 7) is 9.61.